The van der Waals surface area contributed by atoms with Crippen LogP contribution in [-0.2, 0) is 0 Å². The summed E-state index contributed by atoms with van der Waals surface area (Å²) in [5.74, 6) is 0.460. The number of rotatable bonds is 2. The number of nitrogens with one attached hydrogen (secondary N) is 1. The van der Waals surface area contributed by atoms with Crippen LogP contribution in [0.2, 0.25) is 0 Å². The van der Waals surface area contributed by atoms with Gasteiger partial charge in [0.25, 0.3) is 5.56 Å². The summed E-state index contributed by atoms with van der Waals surface area (Å²) in [4.78, 5) is 29.3. The minimum atomic E-state index is -0.156. The van der Waals surface area contributed by atoms with Gasteiger partial charge in [-0.15, -0.1) is 11.3 Å². The minimum Gasteiger partial charge on any atom is -0.305 e. The molecule has 0 aliphatic carbocycles. The van der Waals surface area contributed by atoms with Crippen LogP contribution in [0.1, 0.15) is 0 Å². The van der Waals surface area contributed by atoms with Crippen molar-refractivity contribution in [2.75, 3.05) is 0 Å². The van der Waals surface area contributed by atoms with Gasteiger partial charge in [-0.05, 0) is 17.7 Å². The van der Waals surface area contributed by atoms with Crippen molar-refractivity contribution < 1.29 is 0 Å². The number of nitrogens with zero attached hydrogens (tertiary/aromatic N) is 3. The first-order valence-corrected chi connectivity index (χ1v) is 7.48. The van der Waals surface area contributed by atoms with E-state index in [4.69, 9.17) is 0 Å². The summed E-state index contributed by atoms with van der Waals surface area (Å²) in [6.45, 7) is 0. The molecule has 0 saturated heterocycles. The Labute approximate surface area is 129 Å². The zero-order valence-corrected chi connectivity index (χ0v) is 12.2. The number of hydrogen-bond acceptors (Lipinski definition) is 5. The molecule has 0 aliphatic heterocycles. The molecule has 0 amide bonds. The van der Waals surface area contributed by atoms with Crippen LogP contribution in [0.15, 0.2) is 59.8 Å². The Bertz CT molecular complexity index is 993. The number of fused-ring (bicyclic) bond motifs is 1. The molecule has 3 aromatic heterocycles. The number of aromatic nitrogens is 4. The standard InChI is InChI=1S/C16H10N4OS/c21-15-11-8-13(10-4-2-1-3-5-10)22-16(11)20-14(19-15)12-6-7-17-9-18-12/h1-9H,(H,19,20,21). The van der Waals surface area contributed by atoms with Crippen molar-refractivity contribution in [1.82, 2.24) is 19.9 Å². The summed E-state index contributed by atoms with van der Waals surface area (Å²) in [5.41, 5.74) is 1.52. The van der Waals surface area contributed by atoms with Crippen LogP contribution in [0.4, 0.5) is 0 Å². The quantitative estimate of drug-likeness (QED) is 0.617. The van der Waals surface area contributed by atoms with Gasteiger partial charge in [0.15, 0.2) is 5.82 Å². The van der Waals surface area contributed by atoms with E-state index >= 15 is 0 Å². The smallest absolute Gasteiger partial charge is 0.259 e. The summed E-state index contributed by atoms with van der Waals surface area (Å²) >= 11 is 1.50. The zero-order chi connectivity index (χ0) is 14.9. The highest BCUT2D eigenvalue weighted by atomic mass is 32.1. The Morgan fingerprint density at radius 1 is 1.09 bits per heavy atom. The summed E-state index contributed by atoms with van der Waals surface area (Å²) in [7, 11) is 0. The number of benzene rings is 1. The van der Waals surface area contributed by atoms with Crippen LogP contribution in [0, 0.1) is 0 Å². The molecule has 5 nitrogen and oxygen atoms in total. The van der Waals surface area contributed by atoms with Crippen molar-refractivity contribution in [3.8, 4) is 22.0 Å². The predicted molar refractivity (Wildman–Crippen MR) is 86.7 cm³/mol. The van der Waals surface area contributed by atoms with E-state index in [0.29, 0.717) is 21.7 Å². The predicted octanol–water partition coefficient (Wildman–Crippen LogP) is 3.11. The van der Waals surface area contributed by atoms with Gasteiger partial charge < -0.3 is 4.98 Å². The topological polar surface area (TPSA) is 71.5 Å². The van der Waals surface area contributed by atoms with Gasteiger partial charge >= 0.3 is 0 Å². The van der Waals surface area contributed by atoms with Crippen LogP contribution in [0.5, 0.6) is 0 Å². The normalized spacial score (nSPS) is 10.9. The van der Waals surface area contributed by atoms with Crippen LogP contribution in [-0.4, -0.2) is 19.9 Å². The molecule has 4 aromatic rings. The highest BCUT2D eigenvalue weighted by Gasteiger charge is 2.11. The molecule has 3 heterocycles. The number of H-pyrrole nitrogens is 1. The van der Waals surface area contributed by atoms with Gasteiger partial charge in [0.2, 0.25) is 0 Å². The third-order valence-electron chi connectivity index (χ3n) is 3.29. The van der Waals surface area contributed by atoms with Gasteiger partial charge in [-0.25, -0.2) is 15.0 Å². The molecule has 106 valence electrons. The molecule has 1 aromatic carbocycles. The Morgan fingerprint density at radius 2 is 1.95 bits per heavy atom. The van der Waals surface area contributed by atoms with Crippen LogP contribution < -0.4 is 5.56 Å². The fraction of sp³-hybridized carbons (Fsp3) is 0. The van der Waals surface area contributed by atoms with E-state index in [9.17, 15) is 4.79 Å². The van der Waals surface area contributed by atoms with Gasteiger partial charge in [0, 0.05) is 11.1 Å². The van der Waals surface area contributed by atoms with Gasteiger partial charge in [0.1, 0.15) is 16.9 Å². The van der Waals surface area contributed by atoms with Gasteiger partial charge in [-0.1, -0.05) is 30.3 Å². The average molecular weight is 306 g/mol. The summed E-state index contributed by atoms with van der Waals surface area (Å²) in [6, 6.07) is 13.6. The molecule has 0 unspecified atom stereocenters. The Hall–Kier alpha value is -2.86. The Kier molecular flexibility index (Phi) is 3.01. The largest absolute Gasteiger partial charge is 0.305 e. The first-order valence-electron chi connectivity index (χ1n) is 6.67. The molecule has 0 radical (unpaired) electrons. The van der Waals surface area contributed by atoms with Crippen molar-refractivity contribution in [2.45, 2.75) is 0 Å². The minimum absolute atomic E-state index is 0.156. The van der Waals surface area contributed by atoms with E-state index in [1.807, 2.05) is 36.4 Å². The van der Waals surface area contributed by atoms with E-state index in [2.05, 4.69) is 19.9 Å². The Morgan fingerprint density at radius 3 is 2.73 bits per heavy atom. The highest BCUT2D eigenvalue weighted by Crippen LogP contribution is 2.31. The van der Waals surface area contributed by atoms with Crippen molar-refractivity contribution in [2.24, 2.45) is 0 Å². The lowest BCUT2D eigenvalue weighted by Crippen LogP contribution is -2.08. The second-order valence-electron chi connectivity index (χ2n) is 4.70. The molecule has 4 rings (SSSR count). The third-order valence-corrected chi connectivity index (χ3v) is 4.36. The van der Waals surface area contributed by atoms with E-state index < -0.39 is 0 Å². The fourth-order valence-electron chi connectivity index (χ4n) is 2.23. The number of hydrogen-bond donors (Lipinski definition) is 1. The average Bonchev–Trinajstić information content (AvgIpc) is 3.01. The van der Waals surface area contributed by atoms with Crippen LogP contribution in [0.25, 0.3) is 32.2 Å². The van der Waals surface area contributed by atoms with Crippen molar-refractivity contribution >= 4 is 21.6 Å². The first-order chi connectivity index (χ1) is 10.8. The molecule has 0 fully saturated rings. The first kappa shape index (κ1) is 12.8. The third kappa shape index (κ3) is 2.19. The SMILES string of the molecule is O=c1[nH]c(-c2ccncn2)nc2sc(-c3ccccc3)cc12. The molecule has 0 spiro atoms. The lowest BCUT2D eigenvalue weighted by molar-refractivity contribution is 1.11. The molecule has 22 heavy (non-hydrogen) atoms. The maximum Gasteiger partial charge on any atom is 0.259 e. The lowest BCUT2D eigenvalue weighted by atomic mass is 10.2. The molecule has 0 aliphatic rings. The molecular formula is C16H10N4OS. The molecule has 0 atom stereocenters. The van der Waals surface area contributed by atoms with Crippen LogP contribution >= 0.6 is 11.3 Å². The van der Waals surface area contributed by atoms with Gasteiger partial charge in [0.05, 0.1) is 5.39 Å². The van der Waals surface area contributed by atoms with Crippen LogP contribution in [0.3, 0.4) is 0 Å². The summed E-state index contributed by atoms with van der Waals surface area (Å²) in [5, 5.41) is 0.599. The molecule has 0 saturated carbocycles. The number of thiophene rings is 1. The summed E-state index contributed by atoms with van der Waals surface area (Å²) < 4.78 is 0. The number of aromatic amines is 1. The maximum atomic E-state index is 12.3. The monoisotopic (exact) mass is 306 g/mol. The van der Waals surface area contributed by atoms with E-state index in [1.54, 1.807) is 12.3 Å². The molecule has 6 heteroatoms. The summed E-state index contributed by atoms with van der Waals surface area (Å²) in [6.07, 6.45) is 3.06. The van der Waals surface area contributed by atoms with E-state index in [0.717, 1.165) is 10.4 Å². The molecule has 1 N–H and O–H groups in total. The highest BCUT2D eigenvalue weighted by molar-refractivity contribution is 7.21. The molecular weight excluding hydrogens is 296 g/mol. The van der Waals surface area contributed by atoms with Crippen molar-refractivity contribution in [3.05, 3.63) is 65.3 Å². The maximum absolute atomic E-state index is 12.3. The van der Waals surface area contributed by atoms with Gasteiger partial charge in [-0.3, -0.25) is 4.79 Å². The molecule has 0 bridgehead atoms. The lowest BCUT2D eigenvalue weighted by Gasteiger charge is -1.98. The second kappa shape index (κ2) is 5.16. The van der Waals surface area contributed by atoms with Gasteiger partial charge in [-0.2, -0.15) is 0 Å². The zero-order valence-electron chi connectivity index (χ0n) is 11.4. The van der Waals surface area contributed by atoms with Crippen molar-refractivity contribution in [3.63, 3.8) is 0 Å². The second-order valence-corrected chi connectivity index (χ2v) is 5.74. The van der Waals surface area contributed by atoms with E-state index in [1.165, 1.54) is 17.7 Å². The fourth-order valence-corrected chi connectivity index (χ4v) is 3.27. The van der Waals surface area contributed by atoms with E-state index in [-0.39, 0.29) is 5.56 Å². The Balaban J connectivity index is 1.91. The van der Waals surface area contributed by atoms with Crippen molar-refractivity contribution in [1.29, 1.82) is 0 Å².